The van der Waals surface area contributed by atoms with Gasteiger partial charge in [0.1, 0.15) is 18.7 Å². The molecule has 1 rings (SSSR count). The number of likely N-dealkylation sites (tertiary alicyclic amines) is 1. The number of hydrogen-bond acceptors (Lipinski definition) is 7. The summed E-state index contributed by atoms with van der Waals surface area (Å²) in [7, 11) is 3.02. The second-order valence-electron chi connectivity index (χ2n) is 9.62. The van der Waals surface area contributed by atoms with Gasteiger partial charge in [-0.1, -0.05) is 66.7 Å². The number of amides is 3. The molecule has 39 heavy (non-hydrogen) atoms. The van der Waals surface area contributed by atoms with Gasteiger partial charge in [-0.3, -0.25) is 14.4 Å². The summed E-state index contributed by atoms with van der Waals surface area (Å²) < 4.78 is 14.2. The molecule has 1 aliphatic heterocycles. The van der Waals surface area contributed by atoms with E-state index in [-0.39, 0.29) is 25.0 Å². The Balaban J connectivity index is -0.000000236. The predicted molar refractivity (Wildman–Crippen MR) is 159 cm³/mol. The topological polar surface area (TPSA) is 123 Å². The minimum Gasteiger partial charge on any atom is -0.468 e. The summed E-state index contributed by atoms with van der Waals surface area (Å²) in [6, 6.07) is 0.280. The van der Waals surface area contributed by atoms with Crippen molar-refractivity contribution in [1.29, 1.82) is 0 Å². The van der Waals surface area contributed by atoms with Gasteiger partial charge in [0.05, 0.1) is 7.11 Å². The molecule has 10 heteroatoms. The highest BCUT2D eigenvalue weighted by molar-refractivity contribution is 5.82. The van der Waals surface area contributed by atoms with Gasteiger partial charge in [0.2, 0.25) is 12.3 Å². The second kappa shape index (κ2) is 31.9. The van der Waals surface area contributed by atoms with Gasteiger partial charge in [-0.15, -0.1) is 0 Å². The van der Waals surface area contributed by atoms with Gasteiger partial charge < -0.3 is 29.7 Å². The summed E-state index contributed by atoms with van der Waals surface area (Å²) in [5.74, 6) is -0.488. The highest BCUT2D eigenvalue weighted by Crippen LogP contribution is 2.16. The van der Waals surface area contributed by atoms with Crippen LogP contribution in [0, 0.1) is 0 Å². The van der Waals surface area contributed by atoms with E-state index in [1.54, 1.807) is 32.8 Å². The van der Waals surface area contributed by atoms with Crippen molar-refractivity contribution in [2.45, 2.75) is 125 Å². The molecule has 0 spiro atoms. The van der Waals surface area contributed by atoms with Crippen LogP contribution in [0.4, 0.5) is 4.79 Å². The third-order valence-corrected chi connectivity index (χ3v) is 4.67. The fraction of sp³-hybridized carbons (Fsp3) is 0.862. The van der Waals surface area contributed by atoms with E-state index in [0.717, 1.165) is 26.0 Å². The first-order chi connectivity index (χ1) is 18.4. The molecule has 0 saturated carbocycles. The van der Waals surface area contributed by atoms with Crippen LogP contribution in [0.2, 0.25) is 0 Å². The lowest BCUT2D eigenvalue weighted by Crippen LogP contribution is -2.43. The van der Waals surface area contributed by atoms with Crippen LogP contribution in [0.3, 0.4) is 0 Å². The SMILES string of the molecule is CC.CC1CCCN1C(=O)CNC(=O)OC(C)(C)C.CCC.CCCCCCCOC.COC(=O)CNC=O. The molecule has 0 aromatic carbocycles. The Kier molecular flexibility index (Phi) is 35.7. The zero-order chi connectivity index (χ0) is 31.1. The molecule has 0 aliphatic carbocycles. The summed E-state index contributed by atoms with van der Waals surface area (Å²) in [5, 5.41) is 4.63. The first-order valence-electron chi connectivity index (χ1n) is 14.4. The van der Waals surface area contributed by atoms with E-state index >= 15 is 0 Å². The van der Waals surface area contributed by atoms with Crippen LogP contribution in [0.1, 0.15) is 114 Å². The summed E-state index contributed by atoms with van der Waals surface area (Å²) in [5.41, 5.74) is -0.534. The fourth-order valence-electron chi connectivity index (χ4n) is 2.91. The van der Waals surface area contributed by atoms with E-state index in [1.807, 2.05) is 20.8 Å². The van der Waals surface area contributed by atoms with Crippen LogP contribution < -0.4 is 10.6 Å². The van der Waals surface area contributed by atoms with Crippen molar-refractivity contribution in [3.8, 4) is 0 Å². The maximum atomic E-state index is 11.8. The number of nitrogens with one attached hydrogen (secondary N) is 2. The molecular formula is C29H61N3O7. The molecule has 1 atom stereocenters. The Hall–Kier alpha value is -2.36. The number of carbonyl (C=O) groups is 4. The van der Waals surface area contributed by atoms with Crippen molar-refractivity contribution >= 4 is 24.4 Å². The van der Waals surface area contributed by atoms with E-state index in [1.165, 1.54) is 45.6 Å². The van der Waals surface area contributed by atoms with Crippen molar-refractivity contribution in [3.05, 3.63) is 0 Å². The summed E-state index contributed by atoms with van der Waals surface area (Å²) in [6.07, 6.45) is 9.88. The maximum Gasteiger partial charge on any atom is 0.408 e. The molecule has 0 aromatic heterocycles. The van der Waals surface area contributed by atoms with E-state index in [0.29, 0.717) is 6.41 Å². The number of unbranched alkanes of at least 4 members (excludes halogenated alkanes) is 4. The molecule has 1 unspecified atom stereocenters. The number of ether oxygens (including phenoxy) is 3. The largest absolute Gasteiger partial charge is 0.468 e. The molecule has 2 N–H and O–H groups in total. The molecular weight excluding hydrogens is 502 g/mol. The van der Waals surface area contributed by atoms with Crippen LogP contribution >= 0.6 is 0 Å². The predicted octanol–water partition coefficient (Wildman–Crippen LogP) is 5.47. The molecule has 3 amide bonds. The van der Waals surface area contributed by atoms with Crippen LogP contribution in [-0.2, 0) is 28.6 Å². The number of esters is 1. The Morgan fingerprint density at radius 3 is 1.95 bits per heavy atom. The monoisotopic (exact) mass is 563 g/mol. The zero-order valence-corrected chi connectivity index (χ0v) is 26.9. The van der Waals surface area contributed by atoms with Gasteiger partial charge in [-0.25, -0.2) is 4.79 Å². The summed E-state index contributed by atoms with van der Waals surface area (Å²) >= 11 is 0. The smallest absolute Gasteiger partial charge is 0.408 e. The second-order valence-corrected chi connectivity index (χ2v) is 9.62. The number of alkyl carbamates (subject to hydrolysis) is 1. The molecule has 1 saturated heterocycles. The third-order valence-electron chi connectivity index (χ3n) is 4.67. The molecule has 0 bridgehead atoms. The zero-order valence-electron chi connectivity index (χ0n) is 26.9. The van der Waals surface area contributed by atoms with Crippen LogP contribution in [0.25, 0.3) is 0 Å². The maximum absolute atomic E-state index is 11.8. The first kappa shape index (κ1) is 43.7. The van der Waals surface area contributed by atoms with Crippen molar-refractivity contribution in [3.63, 3.8) is 0 Å². The van der Waals surface area contributed by atoms with Gasteiger partial charge >= 0.3 is 12.1 Å². The van der Waals surface area contributed by atoms with Crippen molar-refractivity contribution in [2.24, 2.45) is 0 Å². The Bertz CT molecular complexity index is 576. The number of rotatable bonds is 11. The molecule has 1 heterocycles. The first-order valence-corrected chi connectivity index (χ1v) is 14.4. The molecule has 10 nitrogen and oxygen atoms in total. The van der Waals surface area contributed by atoms with E-state index in [9.17, 15) is 19.2 Å². The van der Waals surface area contributed by atoms with E-state index in [4.69, 9.17) is 9.47 Å². The Morgan fingerprint density at radius 2 is 1.54 bits per heavy atom. The average Bonchev–Trinajstić information content (AvgIpc) is 3.33. The lowest BCUT2D eigenvalue weighted by molar-refractivity contribution is -0.140. The lowest BCUT2D eigenvalue weighted by Gasteiger charge is -2.23. The summed E-state index contributed by atoms with van der Waals surface area (Å²) in [4.78, 5) is 44.6. The normalized spacial score (nSPS) is 13.3. The molecule has 0 radical (unpaired) electrons. The van der Waals surface area contributed by atoms with Crippen LogP contribution in [0.15, 0.2) is 0 Å². The van der Waals surface area contributed by atoms with Crippen molar-refractivity contribution < 1.29 is 33.4 Å². The highest BCUT2D eigenvalue weighted by atomic mass is 16.6. The van der Waals surface area contributed by atoms with Gasteiger partial charge in [0.25, 0.3) is 0 Å². The third kappa shape index (κ3) is 35.6. The van der Waals surface area contributed by atoms with Gasteiger partial charge in [0, 0.05) is 26.3 Å². The Labute approximate surface area is 239 Å². The quantitative estimate of drug-likeness (QED) is 0.194. The van der Waals surface area contributed by atoms with Crippen LogP contribution in [-0.4, -0.2) is 81.4 Å². The number of methoxy groups -OCH3 is 2. The fourth-order valence-corrected chi connectivity index (χ4v) is 2.91. The minimum absolute atomic E-state index is 0.0131. The van der Waals surface area contributed by atoms with Gasteiger partial charge in [-0.2, -0.15) is 0 Å². The summed E-state index contributed by atoms with van der Waals surface area (Å²) in [6.45, 7) is 19.6. The number of nitrogens with zero attached hydrogens (tertiary/aromatic N) is 1. The molecule has 0 aromatic rings. The molecule has 1 aliphatic rings. The van der Waals surface area contributed by atoms with Gasteiger partial charge in [-0.05, 0) is 47.0 Å². The van der Waals surface area contributed by atoms with Crippen molar-refractivity contribution in [2.75, 3.05) is 40.5 Å². The highest BCUT2D eigenvalue weighted by Gasteiger charge is 2.25. The number of carbonyl (C=O) groups excluding carboxylic acids is 4. The van der Waals surface area contributed by atoms with E-state index < -0.39 is 17.7 Å². The molecule has 234 valence electrons. The van der Waals surface area contributed by atoms with Crippen molar-refractivity contribution in [1.82, 2.24) is 15.5 Å². The Morgan fingerprint density at radius 1 is 0.974 bits per heavy atom. The molecule has 1 fully saturated rings. The minimum atomic E-state index is -0.544. The standard InChI is InChI=1S/C12H22N2O3.C8H18O.C4H7NO3.C3H8.C2H6/c1-9-6-5-7-14(9)10(15)8-13-11(16)17-12(2,3)4;1-3-4-5-6-7-8-9-2;1-8-4(7)2-5-3-6;1-3-2;1-2/h9H,5-8H2,1-4H3,(H,13,16);3-8H2,1-2H3;3H,2H2,1H3,(H,5,6);3H2,1-2H3;1-2H3. The van der Waals surface area contributed by atoms with E-state index in [2.05, 4.69) is 36.1 Å². The lowest BCUT2D eigenvalue weighted by atomic mass is 10.2. The average molecular weight is 564 g/mol. The van der Waals surface area contributed by atoms with Gasteiger partial charge in [0.15, 0.2) is 0 Å². The number of hydrogen-bond donors (Lipinski definition) is 2. The van der Waals surface area contributed by atoms with Crippen LogP contribution in [0.5, 0.6) is 0 Å².